The Morgan fingerprint density at radius 1 is 0.730 bits per heavy atom. The first-order valence-corrected chi connectivity index (χ1v) is 11.3. The molecule has 0 saturated heterocycles. The third kappa shape index (κ3) is 6.14. The van der Waals surface area contributed by atoms with E-state index in [-0.39, 0.29) is 11.5 Å². The van der Waals surface area contributed by atoms with Crippen LogP contribution in [0.4, 0.5) is 29.2 Å². The molecule has 0 fully saturated rings. The maximum atomic E-state index is 11.0. The molecule has 182 valence electrons. The van der Waals surface area contributed by atoms with Crippen LogP contribution in [-0.4, -0.2) is 32.2 Å². The zero-order chi connectivity index (χ0) is 25.5. The average molecular weight is 492 g/mol. The molecule has 10 nitrogen and oxygen atoms in total. The van der Waals surface area contributed by atoms with Crippen molar-refractivity contribution in [3.8, 4) is 11.3 Å². The van der Waals surface area contributed by atoms with Crippen LogP contribution in [0.1, 0.15) is 16.1 Å². The van der Waals surface area contributed by atoms with E-state index in [1.54, 1.807) is 24.3 Å². The lowest BCUT2D eigenvalue weighted by Crippen LogP contribution is -2.07. The van der Waals surface area contributed by atoms with Gasteiger partial charge in [-0.3, -0.25) is 0 Å². The predicted octanol–water partition coefficient (Wildman–Crippen LogP) is 5.76. The van der Waals surface area contributed by atoms with E-state index in [9.17, 15) is 4.79 Å². The fourth-order valence-corrected chi connectivity index (χ4v) is 3.35. The zero-order valence-electron chi connectivity index (χ0n) is 19.4. The van der Waals surface area contributed by atoms with Crippen molar-refractivity contribution in [2.24, 2.45) is 5.10 Å². The number of furan rings is 1. The molecular weight excluding hydrogens is 470 g/mol. The lowest BCUT2D eigenvalue weighted by molar-refractivity contribution is 0.0697. The Hall–Kier alpha value is -5.51. The number of aromatic carboxylic acids is 1. The molecule has 10 heteroatoms. The third-order valence-corrected chi connectivity index (χ3v) is 5.09. The Labute approximate surface area is 211 Å². The minimum absolute atomic E-state index is 0.209. The monoisotopic (exact) mass is 491 g/mol. The van der Waals surface area contributed by atoms with Gasteiger partial charge < -0.3 is 20.2 Å². The van der Waals surface area contributed by atoms with Crippen LogP contribution < -0.4 is 16.1 Å². The number of nitrogens with zero attached hydrogens (tertiary/aromatic N) is 4. The van der Waals surface area contributed by atoms with Crippen molar-refractivity contribution in [3.63, 3.8) is 0 Å². The molecule has 0 unspecified atom stereocenters. The second kappa shape index (κ2) is 10.8. The number of carboxylic acid groups (broad SMARTS) is 1. The molecular formula is C27H21N7O3. The summed E-state index contributed by atoms with van der Waals surface area (Å²) in [5, 5.41) is 19.6. The Kier molecular flexibility index (Phi) is 6.80. The lowest BCUT2D eigenvalue weighted by Gasteiger charge is -2.10. The maximum Gasteiger partial charge on any atom is 0.335 e. The highest BCUT2D eigenvalue weighted by atomic mass is 16.4. The smallest absolute Gasteiger partial charge is 0.335 e. The number of benzene rings is 3. The van der Waals surface area contributed by atoms with E-state index in [0.29, 0.717) is 23.4 Å². The van der Waals surface area contributed by atoms with Gasteiger partial charge in [0.05, 0.1) is 11.8 Å². The topological polar surface area (TPSA) is 138 Å². The minimum atomic E-state index is -0.979. The van der Waals surface area contributed by atoms with E-state index in [0.717, 1.165) is 16.9 Å². The van der Waals surface area contributed by atoms with Gasteiger partial charge in [-0.15, -0.1) is 0 Å². The number of hydrazone groups is 1. The Morgan fingerprint density at radius 3 is 1.86 bits per heavy atom. The molecule has 5 aromatic rings. The van der Waals surface area contributed by atoms with Crippen molar-refractivity contribution in [1.29, 1.82) is 0 Å². The standard InChI is InChI=1S/C27H21N7O3/c35-24(36)19-13-11-18(12-14-19)23-16-15-22(37-23)17-28-34-27-32-25(29-20-7-3-1-4-8-20)31-26(33-27)30-21-9-5-2-6-10-21/h1-17H,(H,35,36)(H3,29,30,31,32,33,34)/b28-17-. The number of carbonyl (C=O) groups is 1. The van der Waals surface area contributed by atoms with E-state index < -0.39 is 5.97 Å². The molecule has 3 aromatic carbocycles. The number of para-hydroxylation sites is 2. The Morgan fingerprint density at radius 2 is 1.30 bits per heavy atom. The first kappa shape index (κ1) is 23.2. The van der Waals surface area contributed by atoms with Crippen molar-refractivity contribution in [2.75, 3.05) is 16.1 Å². The van der Waals surface area contributed by atoms with E-state index in [1.165, 1.54) is 18.3 Å². The minimum Gasteiger partial charge on any atom is -0.478 e. The van der Waals surface area contributed by atoms with Crippen LogP contribution in [0.5, 0.6) is 0 Å². The lowest BCUT2D eigenvalue weighted by atomic mass is 10.1. The molecule has 0 bridgehead atoms. The molecule has 4 N–H and O–H groups in total. The fourth-order valence-electron chi connectivity index (χ4n) is 3.35. The molecule has 0 aliphatic carbocycles. The third-order valence-electron chi connectivity index (χ3n) is 5.09. The van der Waals surface area contributed by atoms with Crippen LogP contribution in [0.25, 0.3) is 11.3 Å². The van der Waals surface area contributed by atoms with Gasteiger partial charge in [0.25, 0.3) is 0 Å². The number of rotatable bonds is 9. The second-order valence-electron chi connectivity index (χ2n) is 7.74. The number of anilines is 5. The van der Waals surface area contributed by atoms with Gasteiger partial charge in [-0.1, -0.05) is 48.5 Å². The van der Waals surface area contributed by atoms with Crippen molar-refractivity contribution >= 4 is 41.4 Å². The summed E-state index contributed by atoms with van der Waals surface area (Å²) in [7, 11) is 0. The van der Waals surface area contributed by atoms with Gasteiger partial charge in [0.15, 0.2) is 0 Å². The van der Waals surface area contributed by atoms with Crippen LogP contribution in [0.3, 0.4) is 0 Å². The van der Waals surface area contributed by atoms with Gasteiger partial charge in [0.2, 0.25) is 17.8 Å². The quantitative estimate of drug-likeness (QED) is 0.150. The van der Waals surface area contributed by atoms with Gasteiger partial charge in [-0.05, 0) is 48.5 Å². The summed E-state index contributed by atoms with van der Waals surface area (Å²) >= 11 is 0. The van der Waals surface area contributed by atoms with Crippen molar-refractivity contribution in [2.45, 2.75) is 0 Å². The van der Waals surface area contributed by atoms with E-state index in [4.69, 9.17) is 9.52 Å². The van der Waals surface area contributed by atoms with E-state index >= 15 is 0 Å². The van der Waals surface area contributed by atoms with Crippen LogP contribution in [-0.2, 0) is 0 Å². The molecule has 0 atom stereocenters. The highest BCUT2D eigenvalue weighted by Gasteiger charge is 2.09. The average Bonchev–Trinajstić information content (AvgIpc) is 3.39. The Bertz CT molecular complexity index is 1460. The zero-order valence-corrected chi connectivity index (χ0v) is 19.4. The van der Waals surface area contributed by atoms with Gasteiger partial charge in [0.1, 0.15) is 11.5 Å². The van der Waals surface area contributed by atoms with Gasteiger partial charge in [-0.2, -0.15) is 20.1 Å². The second-order valence-corrected chi connectivity index (χ2v) is 7.74. The SMILES string of the molecule is O=C(O)c1ccc(-c2ccc(/C=N\Nc3nc(Nc4ccccc4)nc(Nc4ccccc4)n3)o2)cc1. The summed E-state index contributed by atoms with van der Waals surface area (Å²) in [6, 6.07) is 29.1. The molecule has 5 rings (SSSR count). The van der Waals surface area contributed by atoms with E-state index in [1.807, 2.05) is 60.7 Å². The summed E-state index contributed by atoms with van der Waals surface area (Å²) in [5.74, 6) is 0.989. The molecule has 0 amide bonds. The van der Waals surface area contributed by atoms with Crippen molar-refractivity contribution in [3.05, 3.63) is 108 Å². The van der Waals surface area contributed by atoms with Crippen LogP contribution in [0.2, 0.25) is 0 Å². The number of hydrogen-bond donors (Lipinski definition) is 4. The normalized spacial score (nSPS) is 10.8. The summed E-state index contributed by atoms with van der Waals surface area (Å²) in [6.07, 6.45) is 1.49. The number of hydrogen-bond acceptors (Lipinski definition) is 9. The molecule has 0 radical (unpaired) electrons. The Balaban J connectivity index is 1.32. The summed E-state index contributed by atoms with van der Waals surface area (Å²) in [5.41, 5.74) is 5.43. The predicted molar refractivity (Wildman–Crippen MR) is 142 cm³/mol. The highest BCUT2D eigenvalue weighted by molar-refractivity contribution is 5.88. The summed E-state index contributed by atoms with van der Waals surface area (Å²) < 4.78 is 5.80. The molecule has 0 spiro atoms. The largest absolute Gasteiger partial charge is 0.478 e. The van der Waals surface area contributed by atoms with Crippen molar-refractivity contribution < 1.29 is 14.3 Å². The first-order valence-electron chi connectivity index (χ1n) is 11.3. The molecule has 2 heterocycles. The molecule has 0 aliphatic rings. The maximum absolute atomic E-state index is 11.0. The highest BCUT2D eigenvalue weighted by Crippen LogP contribution is 2.22. The fraction of sp³-hybridized carbons (Fsp3) is 0. The van der Waals surface area contributed by atoms with Crippen LogP contribution >= 0.6 is 0 Å². The van der Waals surface area contributed by atoms with Crippen molar-refractivity contribution in [1.82, 2.24) is 15.0 Å². The molecule has 37 heavy (non-hydrogen) atoms. The van der Waals surface area contributed by atoms with Crippen LogP contribution in [0, 0.1) is 0 Å². The van der Waals surface area contributed by atoms with Gasteiger partial charge in [0, 0.05) is 16.9 Å². The number of nitrogens with one attached hydrogen (secondary N) is 3. The van der Waals surface area contributed by atoms with E-state index in [2.05, 4.69) is 36.1 Å². The number of carboxylic acids is 1. The van der Waals surface area contributed by atoms with Gasteiger partial charge >= 0.3 is 5.97 Å². The molecule has 0 saturated carbocycles. The van der Waals surface area contributed by atoms with Gasteiger partial charge in [-0.25, -0.2) is 10.2 Å². The molecule has 0 aliphatic heterocycles. The molecule has 2 aromatic heterocycles. The van der Waals surface area contributed by atoms with Crippen LogP contribution in [0.15, 0.2) is 107 Å². The number of aromatic nitrogens is 3. The first-order chi connectivity index (χ1) is 18.1. The summed E-state index contributed by atoms with van der Waals surface area (Å²) in [4.78, 5) is 24.3. The summed E-state index contributed by atoms with van der Waals surface area (Å²) in [6.45, 7) is 0.